The van der Waals surface area contributed by atoms with Crippen LogP contribution in [0.5, 0.6) is 0 Å². The van der Waals surface area contributed by atoms with Crippen molar-refractivity contribution in [3.05, 3.63) is 77.6 Å². The Morgan fingerprint density at radius 1 is 0.875 bits per heavy atom. The number of halogens is 2. The standard InChI is InChI=1S/C18H16F2N4/c1-12-2-4-13(5-3-12)10-21-17-9-18(23-11-22-17)24-14-6-7-15(19)16(20)8-14/h2-9,11H,10H2,1H3,(H2,21,22,23,24). The van der Waals surface area contributed by atoms with Gasteiger partial charge in [0.2, 0.25) is 0 Å². The van der Waals surface area contributed by atoms with Crippen molar-refractivity contribution in [2.24, 2.45) is 0 Å². The average Bonchev–Trinajstić information content (AvgIpc) is 2.58. The SMILES string of the molecule is Cc1ccc(CNc2cc(Nc3ccc(F)c(F)c3)ncn2)cc1. The summed E-state index contributed by atoms with van der Waals surface area (Å²) in [5.74, 6) is -0.673. The summed E-state index contributed by atoms with van der Waals surface area (Å²) in [5, 5.41) is 6.12. The summed E-state index contributed by atoms with van der Waals surface area (Å²) in [5.41, 5.74) is 2.75. The lowest BCUT2D eigenvalue weighted by Crippen LogP contribution is -2.03. The number of aryl methyl sites for hydroxylation is 1. The molecule has 0 saturated carbocycles. The lowest BCUT2D eigenvalue weighted by Gasteiger charge is -2.09. The minimum atomic E-state index is -0.910. The number of benzene rings is 2. The minimum absolute atomic E-state index is 0.414. The van der Waals surface area contributed by atoms with Gasteiger partial charge in [0.05, 0.1) is 0 Å². The van der Waals surface area contributed by atoms with E-state index >= 15 is 0 Å². The largest absolute Gasteiger partial charge is 0.366 e. The molecule has 2 N–H and O–H groups in total. The summed E-state index contributed by atoms with van der Waals surface area (Å²) >= 11 is 0. The van der Waals surface area contributed by atoms with Gasteiger partial charge in [0.25, 0.3) is 0 Å². The number of nitrogens with zero attached hydrogens (tertiary/aromatic N) is 2. The van der Waals surface area contributed by atoms with E-state index in [-0.39, 0.29) is 0 Å². The van der Waals surface area contributed by atoms with Gasteiger partial charge in [-0.1, -0.05) is 29.8 Å². The van der Waals surface area contributed by atoms with E-state index in [2.05, 4.69) is 20.6 Å². The normalized spacial score (nSPS) is 10.5. The molecule has 122 valence electrons. The van der Waals surface area contributed by atoms with Crippen molar-refractivity contribution in [2.75, 3.05) is 10.6 Å². The van der Waals surface area contributed by atoms with E-state index in [0.717, 1.165) is 17.7 Å². The molecular weight excluding hydrogens is 310 g/mol. The van der Waals surface area contributed by atoms with Crippen molar-refractivity contribution < 1.29 is 8.78 Å². The van der Waals surface area contributed by atoms with Gasteiger partial charge in [-0.2, -0.15) is 0 Å². The van der Waals surface area contributed by atoms with E-state index in [4.69, 9.17) is 0 Å². The molecule has 1 aromatic heterocycles. The maximum atomic E-state index is 13.2. The smallest absolute Gasteiger partial charge is 0.160 e. The van der Waals surface area contributed by atoms with Gasteiger partial charge in [0.1, 0.15) is 18.0 Å². The summed E-state index contributed by atoms with van der Waals surface area (Å²) in [7, 11) is 0. The second-order valence-electron chi connectivity index (χ2n) is 5.38. The number of anilines is 3. The fraction of sp³-hybridized carbons (Fsp3) is 0.111. The Morgan fingerprint density at radius 2 is 1.62 bits per heavy atom. The molecule has 6 heteroatoms. The molecule has 0 fully saturated rings. The molecule has 0 aliphatic heterocycles. The van der Waals surface area contributed by atoms with Crippen LogP contribution in [0.25, 0.3) is 0 Å². The van der Waals surface area contributed by atoms with Gasteiger partial charge in [-0.3, -0.25) is 0 Å². The first kappa shape index (κ1) is 15.9. The molecule has 0 spiro atoms. The van der Waals surface area contributed by atoms with Crippen LogP contribution in [-0.4, -0.2) is 9.97 Å². The van der Waals surface area contributed by atoms with E-state index < -0.39 is 11.6 Å². The monoisotopic (exact) mass is 326 g/mol. The minimum Gasteiger partial charge on any atom is -0.366 e. The van der Waals surface area contributed by atoms with Crippen LogP contribution in [0.15, 0.2) is 54.9 Å². The summed E-state index contributed by atoms with van der Waals surface area (Å²) in [6.07, 6.45) is 1.40. The highest BCUT2D eigenvalue weighted by atomic mass is 19.2. The van der Waals surface area contributed by atoms with Gasteiger partial charge in [0.15, 0.2) is 11.6 Å². The third-order valence-corrected chi connectivity index (χ3v) is 3.45. The average molecular weight is 326 g/mol. The Hall–Kier alpha value is -3.02. The van der Waals surface area contributed by atoms with Gasteiger partial charge < -0.3 is 10.6 Å². The number of hydrogen-bond acceptors (Lipinski definition) is 4. The molecule has 2 aromatic carbocycles. The predicted octanol–water partition coefficient (Wildman–Crippen LogP) is 4.42. The van der Waals surface area contributed by atoms with Crippen LogP contribution >= 0.6 is 0 Å². The molecule has 0 atom stereocenters. The highest BCUT2D eigenvalue weighted by Crippen LogP contribution is 2.19. The Kier molecular flexibility index (Phi) is 4.65. The zero-order valence-corrected chi connectivity index (χ0v) is 13.1. The third kappa shape index (κ3) is 4.04. The van der Waals surface area contributed by atoms with E-state index in [1.807, 2.05) is 31.2 Å². The van der Waals surface area contributed by atoms with Crippen LogP contribution in [0, 0.1) is 18.6 Å². The lowest BCUT2D eigenvalue weighted by molar-refractivity contribution is 0.509. The number of nitrogens with one attached hydrogen (secondary N) is 2. The first-order valence-electron chi connectivity index (χ1n) is 7.44. The van der Waals surface area contributed by atoms with Crippen molar-refractivity contribution in [1.29, 1.82) is 0 Å². The van der Waals surface area contributed by atoms with Gasteiger partial charge in [-0.25, -0.2) is 18.7 Å². The van der Waals surface area contributed by atoms with Crippen molar-refractivity contribution >= 4 is 17.3 Å². The number of rotatable bonds is 5. The molecule has 0 bridgehead atoms. The fourth-order valence-electron chi connectivity index (χ4n) is 2.14. The first-order chi connectivity index (χ1) is 11.6. The number of hydrogen-bond donors (Lipinski definition) is 2. The van der Waals surface area contributed by atoms with E-state index in [0.29, 0.717) is 23.9 Å². The van der Waals surface area contributed by atoms with Crippen molar-refractivity contribution in [2.45, 2.75) is 13.5 Å². The Labute approximate surface area is 138 Å². The number of aromatic nitrogens is 2. The molecule has 1 heterocycles. The summed E-state index contributed by atoms with van der Waals surface area (Å²) < 4.78 is 26.2. The Bertz CT molecular complexity index is 835. The van der Waals surface area contributed by atoms with Crippen LogP contribution in [0.4, 0.5) is 26.1 Å². The molecule has 0 aliphatic rings. The second kappa shape index (κ2) is 7.04. The maximum absolute atomic E-state index is 13.2. The van der Waals surface area contributed by atoms with Crippen LogP contribution in [0.3, 0.4) is 0 Å². The molecule has 0 unspecified atom stereocenters. The predicted molar refractivity (Wildman–Crippen MR) is 90.2 cm³/mol. The van der Waals surface area contributed by atoms with Crippen LogP contribution in [0.1, 0.15) is 11.1 Å². The van der Waals surface area contributed by atoms with Crippen molar-refractivity contribution in [3.8, 4) is 0 Å². The summed E-state index contributed by atoms with van der Waals surface area (Å²) in [6.45, 7) is 2.67. The van der Waals surface area contributed by atoms with Crippen molar-refractivity contribution in [3.63, 3.8) is 0 Å². The highest BCUT2D eigenvalue weighted by molar-refractivity contribution is 5.58. The zero-order valence-electron chi connectivity index (χ0n) is 13.1. The second-order valence-corrected chi connectivity index (χ2v) is 5.38. The molecule has 3 aromatic rings. The van der Waals surface area contributed by atoms with Gasteiger partial charge in [-0.15, -0.1) is 0 Å². The fourth-order valence-corrected chi connectivity index (χ4v) is 2.14. The molecule has 0 amide bonds. The first-order valence-corrected chi connectivity index (χ1v) is 7.44. The van der Waals surface area contributed by atoms with E-state index in [1.54, 1.807) is 6.07 Å². The van der Waals surface area contributed by atoms with Gasteiger partial charge in [-0.05, 0) is 24.6 Å². The molecule has 0 aliphatic carbocycles. The Morgan fingerprint density at radius 3 is 2.38 bits per heavy atom. The van der Waals surface area contributed by atoms with Crippen molar-refractivity contribution in [1.82, 2.24) is 9.97 Å². The topological polar surface area (TPSA) is 49.8 Å². The van der Waals surface area contributed by atoms with E-state index in [9.17, 15) is 8.78 Å². The van der Waals surface area contributed by atoms with Crippen LogP contribution in [0.2, 0.25) is 0 Å². The molecule has 24 heavy (non-hydrogen) atoms. The van der Waals surface area contributed by atoms with Gasteiger partial charge >= 0.3 is 0 Å². The zero-order chi connectivity index (χ0) is 16.9. The van der Waals surface area contributed by atoms with Crippen LogP contribution in [-0.2, 0) is 6.54 Å². The van der Waals surface area contributed by atoms with Crippen LogP contribution < -0.4 is 10.6 Å². The quantitative estimate of drug-likeness (QED) is 0.729. The molecule has 0 radical (unpaired) electrons. The van der Waals surface area contributed by atoms with Gasteiger partial charge in [0, 0.05) is 24.4 Å². The maximum Gasteiger partial charge on any atom is 0.160 e. The molecular formula is C18H16F2N4. The summed E-state index contributed by atoms with van der Waals surface area (Å²) in [6, 6.07) is 13.5. The molecule has 0 saturated heterocycles. The molecule has 4 nitrogen and oxygen atoms in total. The summed E-state index contributed by atoms with van der Waals surface area (Å²) in [4.78, 5) is 8.22. The molecule has 3 rings (SSSR count). The highest BCUT2D eigenvalue weighted by Gasteiger charge is 2.04. The third-order valence-electron chi connectivity index (χ3n) is 3.45. The Balaban J connectivity index is 1.67. The lowest BCUT2D eigenvalue weighted by atomic mass is 10.1. The van der Waals surface area contributed by atoms with E-state index in [1.165, 1.54) is 18.0 Å².